The first kappa shape index (κ1) is 13.2. The second kappa shape index (κ2) is 4.38. The van der Waals surface area contributed by atoms with Crippen molar-refractivity contribution in [1.82, 2.24) is 4.98 Å². The normalized spacial score (nSPS) is 40.3. The zero-order chi connectivity index (χ0) is 14.9. The number of aromatic amines is 1. The Bertz CT molecular complexity index is 732. The minimum absolute atomic E-state index is 0.0630. The van der Waals surface area contributed by atoms with Crippen molar-refractivity contribution >= 4 is 10.9 Å². The first-order chi connectivity index (χ1) is 10.7. The van der Waals surface area contributed by atoms with Crippen molar-refractivity contribution < 1.29 is 5.11 Å². The molecule has 1 aromatic heterocycles. The van der Waals surface area contributed by atoms with Gasteiger partial charge in [0.15, 0.2) is 0 Å². The van der Waals surface area contributed by atoms with Crippen LogP contribution in [0.3, 0.4) is 0 Å². The van der Waals surface area contributed by atoms with Gasteiger partial charge in [-0.25, -0.2) is 0 Å². The van der Waals surface area contributed by atoms with E-state index in [1.54, 1.807) is 11.1 Å². The van der Waals surface area contributed by atoms with Gasteiger partial charge in [0.25, 0.3) is 0 Å². The zero-order valence-corrected chi connectivity index (χ0v) is 13.3. The summed E-state index contributed by atoms with van der Waals surface area (Å²) in [5.41, 5.74) is 4.66. The molecule has 0 bridgehead atoms. The molecule has 5 atom stereocenters. The number of nitrogens with one attached hydrogen (secondary N) is 1. The summed E-state index contributed by atoms with van der Waals surface area (Å²) in [6, 6.07) is 7.04. The number of hydrogen-bond donors (Lipinski definition) is 2. The topological polar surface area (TPSA) is 36.0 Å². The molecule has 22 heavy (non-hydrogen) atoms. The average Bonchev–Trinajstić information content (AvgIpc) is 3.09. The quantitative estimate of drug-likeness (QED) is 0.743. The van der Waals surface area contributed by atoms with Crippen LogP contribution in [-0.2, 0) is 6.42 Å². The van der Waals surface area contributed by atoms with E-state index < -0.39 is 0 Å². The first-order valence-electron chi connectivity index (χ1n) is 8.95. The number of benzene rings is 1. The lowest BCUT2D eigenvalue weighted by Crippen LogP contribution is -2.43. The van der Waals surface area contributed by atoms with E-state index in [2.05, 4.69) is 36.3 Å². The van der Waals surface area contributed by atoms with Gasteiger partial charge in [0.2, 0.25) is 0 Å². The minimum atomic E-state index is -0.0630. The highest BCUT2D eigenvalue weighted by Gasteiger charge is 2.54. The van der Waals surface area contributed by atoms with Crippen molar-refractivity contribution in [1.29, 1.82) is 0 Å². The van der Waals surface area contributed by atoms with Crippen LogP contribution in [0.4, 0.5) is 0 Å². The van der Waals surface area contributed by atoms with Crippen LogP contribution in [0, 0.1) is 17.3 Å². The Morgan fingerprint density at radius 2 is 2.09 bits per heavy atom. The third-order valence-electron chi connectivity index (χ3n) is 7.35. The van der Waals surface area contributed by atoms with Crippen LogP contribution in [0.15, 0.2) is 24.4 Å². The maximum absolute atomic E-state index is 10.5. The maximum Gasteiger partial charge on any atom is 0.0596 e. The van der Waals surface area contributed by atoms with Crippen molar-refractivity contribution in [3.05, 3.63) is 35.5 Å². The Morgan fingerprint density at radius 1 is 1.18 bits per heavy atom. The molecule has 3 unspecified atom stereocenters. The highest BCUT2D eigenvalue weighted by molar-refractivity contribution is 5.81. The molecule has 2 saturated carbocycles. The molecular formula is C20H25NO. The van der Waals surface area contributed by atoms with Gasteiger partial charge in [-0.15, -0.1) is 0 Å². The largest absolute Gasteiger partial charge is 0.393 e. The van der Waals surface area contributed by atoms with E-state index in [0.717, 1.165) is 24.2 Å². The predicted octanol–water partition coefficient (Wildman–Crippen LogP) is 4.38. The molecule has 2 nitrogen and oxygen atoms in total. The van der Waals surface area contributed by atoms with Gasteiger partial charge in [-0.3, -0.25) is 0 Å². The molecule has 3 aliphatic carbocycles. The average molecular weight is 295 g/mol. The molecule has 5 rings (SSSR count). The molecule has 2 aromatic rings. The molecule has 0 aliphatic heterocycles. The molecule has 0 saturated heterocycles. The number of aromatic nitrogens is 1. The summed E-state index contributed by atoms with van der Waals surface area (Å²) in [7, 11) is 0. The SMILES string of the molecule is C[C@]12CCC3c4cc5cc[nH]c5cc4CCC3C1CC[C@@H]2O. The summed E-state index contributed by atoms with van der Waals surface area (Å²) < 4.78 is 0. The second-order valence-corrected chi connectivity index (χ2v) is 8.17. The lowest BCUT2D eigenvalue weighted by molar-refractivity contribution is -0.0225. The van der Waals surface area contributed by atoms with Gasteiger partial charge >= 0.3 is 0 Å². The van der Waals surface area contributed by atoms with Crippen LogP contribution >= 0.6 is 0 Å². The Balaban J connectivity index is 1.59. The monoisotopic (exact) mass is 295 g/mol. The zero-order valence-electron chi connectivity index (χ0n) is 13.3. The number of aliphatic hydroxyl groups is 1. The van der Waals surface area contributed by atoms with E-state index in [1.165, 1.54) is 43.0 Å². The number of aliphatic hydroxyl groups excluding tert-OH is 1. The van der Waals surface area contributed by atoms with Gasteiger partial charge in [-0.1, -0.05) is 6.92 Å². The second-order valence-electron chi connectivity index (χ2n) is 8.17. The van der Waals surface area contributed by atoms with Gasteiger partial charge < -0.3 is 10.1 Å². The summed E-state index contributed by atoms with van der Waals surface area (Å²) in [6.07, 6.45) is 9.24. The third kappa shape index (κ3) is 1.59. The number of H-pyrrole nitrogens is 1. The third-order valence-corrected chi connectivity index (χ3v) is 7.35. The molecule has 0 radical (unpaired) electrons. The van der Waals surface area contributed by atoms with E-state index in [9.17, 15) is 5.11 Å². The summed E-state index contributed by atoms with van der Waals surface area (Å²) >= 11 is 0. The fourth-order valence-corrected chi connectivity index (χ4v) is 6.10. The Morgan fingerprint density at radius 3 is 3.00 bits per heavy atom. The number of fused-ring (bicyclic) bond motifs is 6. The molecule has 1 heterocycles. The van der Waals surface area contributed by atoms with Crippen LogP contribution in [0.25, 0.3) is 10.9 Å². The molecule has 2 heteroatoms. The van der Waals surface area contributed by atoms with Crippen molar-refractivity contribution in [3.8, 4) is 0 Å². The summed E-state index contributed by atoms with van der Waals surface area (Å²) in [6.45, 7) is 2.36. The molecule has 3 aliphatic rings. The Kier molecular flexibility index (Phi) is 2.63. The van der Waals surface area contributed by atoms with Crippen LogP contribution < -0.4 is 0 Å². The summed E-state index contributed by atoms with van der Waals surface area (Å²) in [4.78, 5) is 3.36. The highest BCUT2D eigenvalue weighted by Crippen LogP contribution is 2.60. The summed E-state index contributed by atoms with van der Waals surface area (Å²) in [5, 5.41) is 11.8. The van der Waals surface area contributed by atoms with E-state index in [1.807, 2.05) is 0 Å². The molecule has 2 fully saturated rings. The van der Waals surface area contributed by atoms with E-state index in [0.29, 0.717) is 0 Å². The fraction of sp³-hybridized carbons (Fsp3) is 0.600. The van der Waals surface area contributed by atoms with Crippen LogP contribution in [-0.4, -0.2) is 16.2 Å². The van der Waals surface area contributed by atoms with Gasteiger partial charge in [0.05, 0.1) is 6.10 Å². The first-order valence-corrected chi connectivity index (χ1v) is 8.95. The molecule has 2 N–H and O–H groups in total. The van der Waals surface area contributed by atoms with Gasteiger partial charge in [0.1, 0.15) is 0 Å². The number of rotatable bonds is 0. The van der Waals surface area contributed by atoms with Crippen LogP contribution in [0.1, 0.15) is 56.1 Å². The van der Waals surface area contributed by atoms with Gasteiger partial charge in [-0.2, -0.15) is 0 Å². The maximum atomic E-state index is 10.5. The highest BCUT2D eigenvalue weighted by atomic mass is 16.3. The molecule has 0 amide bonds. The van der Waals surface area contributed by atoms with E-state index >= 15 is 0 Å². The van der Waals surface area contributed by atoms with E-state index in [4.69, 9.17) is 0 Å². The van der Waals surface area contributed by atoms with Crippen molar-refractivity contribution in [2.75, 3.05) is 0 Å². The number of hydrogen-bond acceptors (Lipinski definition) is 1. The van der Waals surface area contributed by atoms with Gasteiger partial charge in [0, 0.05) is 11.7 Å². The van der Waals surface area contributed by atoms with Crippen LogP contribution in [0.5, 0.6) is 0 Å². The van der Waals surface area contributed by atoms with E-state index in [-0.39, 0.29) is 11.5 Å². The lowest BCUT2D eigenvalue weighted by Gasteiger charge is -2.50. The summed E-state index contributed by atoms with van der Waals surface area (Å²) in [5.74, 6) is 2.25. The standard InChI is InChI=1S/C20H25NO/c1-20-8-6-14-15(17(20)4-5-19(20)22)3-2-12-11-18-13(7-9-21-18)10-16(12)14/h7,9-11,14-15,17,19,21-22H,2-6,8H2,1H3/t14?,15?,17?,19-,20-/m0/s1. The fourth-order valence-electron chi connectivity index (χ4n) is 6.10. The Labute approximate surface area is 131 Å². The van der Waals surface area contributed by atoms with Crippen LogP contribution in [0.2, 0.25) is 0 Å². The number of aryl methyl sites for hydroxylation is 1. The molecular weight excluding hydrogens is 270 g/mol. The van der Waals surface area contributed by atoms with Crippen molar-refractivity contribution in [2.24, 2.45) is 17.3 Å². The lowest BCUT2D eigenvalue weighted by atomic mass is 9.55. The molecule has 116 valence electrons. The van der Waals surface area contributed by atoms with Gasteiger partial charge in [-0.05, 0) is 96.4 Å². The minimum Gasteiger partial charge on any atom is -0.393 e. The van der Waals surface area contributed by atoms with Crippen molar-refractivity contribution in [3.63, 3.8) is 0 Å². The predicted molar refractivity (Wildman–Crippen MR) is 88.9 cm³/mol. The molecule has 0 spiro atoms. The smallest absolute Gasteiger partial charge is 0.0596 e. The van der Waals surface area contributed by atoms with Crippen molar-refractivity contribution in [2.45, 2.75) is 57.5 Å². The molecule has 1 aromatic carbocycles. The Hall–Kier alpha value is -1.28.